The topological polar surface area (TPSA) is 104 Å². The molecule has 134 valence electrons. The summed E-state index contributed by atoms with van der Waals surface area (Å²) in [5.41, 5.74) is 0.779. The number of nitrogens with one attached hydrogen (secondary N) is 1. The third-order valence-corrected chi connectivity index (χ3v) is 3.63. The lowest BCUT2D eigenvalue weighted by Gasteiger charge is -2.09. The van der Waals surface area contributed by atoms with Gasteiger partial charge in [-0.1, -0.05) is 18.2 Å². The number of rotatable bonds is 6. The molecule has 1 aromatic carbocycles. The number of fused-ring (bicyclic) bond motifs is 1. The molecular formula is C18H17N3O5. The van der Waals surface area contributed by atoms with Gasteiger partial charge in [0.15, 0.2) is 12.3 Å². The number of ether oxygens (including phenoxy) is 2. The minimum Gasteiger partial charge on any atom is -0.482 e. The zero-order valence-electron chi connectivity index (χ0n) is 14.3. The Morgan fingerprint density at radius 2 is 2.08 bits per heavy atom. The number of amides is 1. The Morgan fingerprint density at radius 3 is 2.88 bits per heavy atom. The summed E-state index contributed by atoms with van der Waals surface area (Å²) in [5.74, 6) is -0.265. The van der Waals surface area contributed by atoms with E-state index >= 15 is 0 Å². The van der Waals surface area contributed by atoms with Gasteiger partial charge in [0.05, 0.1) is 7.11 Å². The lowest BCUT2D eigenvalue weighted by atomic mass is 10.2. The minimum absolute atomic E-state index is 0.0372. The van der Waals surface area contributed by atoms with Gasteiger partial charge in [0.1, 0.15) is 23.6 Å². The van der Waals surface area contributed by atoms with Crippen molar-refractivity contribution >= 4 is 22.8 Å². The highest BCUT2D eigenvalue weighted by molar-refractivity contribution is 5.94. The van der Waals surface area contributed by atoms with E-state index in [1.165, 1.54) is 20.3 Å². The number of pyridine rings is 1. The molecule has 26 heavy (non-hydrogen) atoms. The lowest BCUT2D eigenvalue weighted by molar-refractivity contribution is -0.142. The van der Waals surface area contributed by atoms with Gasteiger partial charge in [-0.2, -0.15) is 0 Å². The van der Waals surface area contributed by atoms with Gasteiger partial charge in [-0.25, -0.2) is 9.78 Å². The van der Waals surface area contributed by atoms with Crippen LogP contribution in [-0.4, -0.2) is 35.0 Å². The number of para-hydroxylation sites is 1. The molecule has 0 bridgehead atoms. The maximum atomic E-state index is 12.0. The zero-order chi connectivity index (χ0) is 18.5. The van der Waals surface area contributed by atoms with E-state index < -0.39 is 17.9 Å². The van der Waals surface area contributed by atoms with Crippen molar-refractivity contribution in [2.75, 3.05) is 7.11 Å². The number of hydrogen-bond donors (Lipinski definition) is 1. The highest BCUT2D eigenvalue weighted by atomic mass is 16.5. The van der Waals surface area contributed by atoms with Crippen LogP contribution in [0.25, 0.3) is 10.9 Å². The summed E-state index contributed by atoms with van der Waals surface area (Å²) >= 11 is 0. The molecule has 0 aliphatic carbocycles. The zero-order valence-corrected chi connectivity index (χ0v) is 14.3. The van der Waals surface area contributed by atoms with Gasteiger partial charge >= 0.3 is 5.97 Å². The van der Waals surface area contributed by atoms with Crippen LogP contribution in [0.5, 0.6) is 5.75 Å². The standard InChI is InChI=1S/C18H17N3O5/c1-11(18(23)24-2)20-17(22)13-9-26-15(21-13)10-25-14-7-3-5-12-6-4-8-19-16(12)14/h3-9,11H,10H2,1-2H3,(H,20,22)/t11-/m1/s1. The quantitative estimate of drug-likeness (QED) is 0.675. The highest BCUT2D eigenvalue weighted by Gasteiger charge is 2.19. The van der Waals surface area contributed by atoms with Crippen LogP contribution in [0.1, 0.15) is 23.3 Å². The average molecular weight is 355 g/mol. The molecule has 8 nitrogen and oxygen atoms in total. The van der Waals surface area contributed by atoms with Crippen LogP contribution in [-0.2, 0) is 16.1 Å². The molecule has 0 fully saturated rings. The maximum Gasteiger partial charge on any atom is 0.328 e. The van der Waals surface area contributed by atoms with Crippen LogP contribution in [0.3, 0.4) is 0 Å². The van der Waals surface area contributed by atoms with E-state index in [0.29, 0.717) is 5.75 Å². The monoisotopic (exact) mass is 355 g/mol. The van der Waals surface area contributed by atoms with Crippen LogP contribution < -0.4 is 10.1 Å². The third kappa shape index (κ3) is 3.80. The van der Waals surface area contributed by atoms with Crippen molar-refractivity contribution < 1.29 is 23.5 Å². The van der Waals surface area contributed by atoms with Crippen LogP contribution in [0.2, 0.25) is 0 Å². The molecule has 1 atom stereocenters. The van der Waals surface area contributed by atoms with Crippen LogP contribution in [0, 0.1) is 0 Å². The molecule has 0 spiro atoms. The molecule has 2 heterocycles. The summed E-state index contributed by atoms with van der Waals surface area (Å²) in [4.78, 5) is 31.8. The summed E-state index contributed by atoms with van der Waals surface area (Å²) in [7, 11) is 1.25. The Bertz CT molecular complexity index is 932. The number of benzene rings is 1. The second-order valence-corrected chi connectivity index (χ2v) is 5.46. The number of nitrogens with zero attached hydrogens (tertiary/aromatic N) is 2. The predicted octanol–water partition coefficient (Wildman–Crippen LogP) is 2.09. The molecule has 3 aromatic rings. The fourth-order valence-corrected chi connectivity index (χ4v) is 2.32. The summed E-state index contributed by atoms with van der Waals surface area (Å²) in [6, 6.07) is 8.59. The van der Waals surface area contributed by atoms with Crippen molar-refractivity contribution in [3.8, 4) is 5.75 Å². The Labute approximate surface area is 149 Å². The number of methoxy groups -OCH3 is 1. The molecule has 0 saturated heterocycles. The van der Waals surface area contributed by atoms with Gasteiger partial charge in [-0.15, -0.1) is 0 Å². The fourth-order valence-electron chi connectivity index (χ4n) is 2.32. The molecule has 0 unspecified atom stereocenters. The van der Waals surface area contributed by atoms with E-state index in [1.807, 2.05) is 24.3 Å². The van der Waals surface area contributed by atoms with E-state index in [-0.39, 0.29) is 18.2 Å². The second kappa shape index (κ2) is 7.64. The van der Waals surface area contributed by atoms with Crippen LogP contribution in [0.4, 0.5) is 0 Å². The molecular weight excluding hydrogens is 338 g/mol. The SMILES string of the molecule is COC(=O)[C@@H](C)NC(=O)c1coc(COc2cccc3cccnc23)n1. The number of hydrogen-bond acceptors (Lipinski definition) is 7. The largest absolute Gasteiger partial charge is 0.482 e. The summed E-state index contributed by atoms with van der Waals surface area (Å²) < 4.78 is 15.5. The van der Waals surface area contributed by atoms with Crippen molar-refractivity contribution in [2.24, 2.45) is 0 Å². The molecule has 1 amide bonds. The first kappa shape index (κ1) is 17.4. The highest BCUT2D eigenvalue weighted by Crippen LogP contribution is 2.23. The first-order valence-corrected chi connectivity index (χ1v) is 7.88. The smallest absolute Gasteiger partial charge is 0.328 e. The van der Waals surface area contributed by atoms with Gasteiger partial charge < -0.3 is 19.2 Å². The maximum absolute atomic E-state index is 12.0. The van der Waals surface area contributed by atoms with Crippen LogP contribution >= 0.6 is 0 Å². The van der Waals surface area contributed by atoms with Crippen molar-refractivity contribution in [3.63, 3.8) is 0 Å². The predicted molar refractivity (Wildman–Crippen MR) is 91.5 cm³/mol. The molecule has 1 N–H and O–H groups in total. The van der Waals surface area contributed by atoms with E-state index in [1.54, 1.807) is 12.3 Å². The molecule has 8 heteroatoms. The van der Waals surface area contributed by atoms with E-state index in [0.717, 1.165) is 10.9 Å². The summed E-state index contributed by atoms with van der Waals surface area (Å²) in [5, 5.41) is 3.42. The Kier molecular flexibility index (Phi) is 5.12. The van der Waals surface area contributed by atoms with Crippen molar-refractivity contribution in [3.05, 3.63) is 54.4 Å². The number of aromatic nitrogens is 2. The molecule has 0 aliphatic rings. The van der Waals surface area contributed by atoms with E-state index in [2.05, 4.69) is 20.0 Å². The van der Waals surface area contributed by atoms with E-state index in [9.17, 15) is 9.59 Å². The second-order valence-electron chi connectivity index (χ2n) is 5.46. The Hall–Kier alpha value is -3.42. The van der Waals surface area contributed by atoms with Gasteiger partial charge in [-0.3, -0.25) is 9.78 Å². The lowest BCUT2D eigenvalue weighted by Crippen LogP contribution is -2.39. The third-order valence-electron chi connectivity index (χ3n) is 3.63. The van der Waals surface area contributed by atoms with Crippen molar-refractivity contribution in [2.45, 2.75) is 19.6 Å². The first-order valence-electron chi connectivity index (χ1n) is 7.88. The Balaban J connectivity index is 1.65. The number of carbonyl (C=O) groups excluding carboxylic acids is 2. The van der Waals surface area contributed by atoms with Gasteiger partial charge in [0.2, 0.25) is 5.89 Å². The average Bonchev–Trinajstić information content (AvgIpc) is 3.14. The first-order chi connectivity index (χ1) is 12.6. The summed E-state index contributed by atoms with van der Waals surface area (Å²) in [6.07, 6.45) is 2.89. The van der Waals surface area contributed by atoms with Crippen LogP contribution in [0.15, 0.2) is 47.2 Å². The van der Waals surface area contributed by atoms with Gasteiger partial charge in [0.25, 0.3) is 5.91 Å². The van der Waals surface area contributed by atoms with Crippen molar-refractivity contribution in [1.82, 2.24) is 15.3 Å². The number of esters is 1. The Morgan fingerprint density at radius 1 is 1.27 bits per heavy atom. The molecule has 3 rings (SSSR count). The fraction of sp³-hybridized carbons (Fsp3) is 0.222. The number of oxazole rings is 1. The molecule has 0 radical (unpaired) electrons. The van der Waals surface area contributed by atoms with Gasteiger partial charge in [0, 0.05) is 11.6 Å². The molecule has 2 aromatic heterocycles. The summed E-state index contributed by atoms with van der Waals surface area (Å²) in [6.45, 7) is 1.55. The minimum atomic E-state index is -0.786. The normalized spacial score (nSPS) is 11.8. The molecule has 0 saturated carbocycles. The number of carbonyl (C=O) groups is 2. The molecule has 0 aliphatic heterocycles. The van der Waals surface area contributed by atoms with E-state index in [4.69, 9.17) is 9.15 Å². The van der Waals surface area contributed by atoms with Gasteiger partial charge in [-0.05, 0) is 19.1 Å². The van der Waals surface area contributed by atoms with Crippen molar-refractivity contribution in [1.29, 1.82) is 0 Å².